The van der Waals surface area contributed by atoms with Gasteiger partial charge in [0.15, 0.2) is 0 Å². The number of benzene rings is 1. The number of hydrogen-bond donors (Lipinski definition) is 2. The summed E-state index contributed by atoms with van der Waals surface area (Å²) in [6, 6.07) is 13.6. The summed E-state index contributed by atoms with van der Waals surface area (Å²) in [5, 5.41) is 4.77. The van der Waals surface area contributed by atoms with Gasteiger partial charge in [0.2, 0.25) is 15.9 Å². The average molecular weight is 405 g/mol. The number of sulfonamides is 1. The molecule has 2 N–H and O–H groups in total. The first-order valence-corrected chi connectivity index (χ1v) is 10.8. The second-order valence-corrected chi connectivity index (χ2v) is 8.71. The van der Waals surface area contributed by atoms with Crippen molar-refractivity contribution in [2.75, 3.05) is 5.32 Å². The van der Waals surface area contributed by atoms with Crippen LogP contribution in [0.15, 0.2) is 69.5 Å². The van der Waals surface area contributed by atoms with Gasteiger partial charge in [-0.2, -0.15) is 0 Å². The average Bonchev–Trinajstić information content (AvgIpc) is 3.34. The Labute approximate surface area is 162 Å². The van der Waals surface area contributed by atoms with Gasteiger partial charge in [-0.3, -0.25) is 4.79 Å². The molecule has 2 heterocycles. The van der Waals surface area contributed by atoms with E-state index in [4.69, 9.17) is 4.42 Å². The van der Waals surface area contributed by atoms with E-state index in [1.165, 1.54) is 23.3 Å². The van der Waals surface area contributed by atoms with Crippen LogP contribution < -0.4 is 10.0 Å². The third-order valence-electron chi connectivity index (χ3n) is 3.85. The molecule has 2 aromatic heterocycles. The van der Waals surface area contributed by atoms with Crippen LogP contribution in [0.3, 0.4) is 0 Å². The monoisotopic (exact) mass is 404 g/mol. The van der Waals surface area contributed by atoms with E-state index in [1.54, 1.807) is 35.6 Å². The summed E-state index contributed by atoms with van der Waals surface area (Å²) in [7, 11) is -3.70. The van der Waals surface area contributed by atoms with Crippen LogP contribution in [0.25, 0.3) is 0 Å². The lowest BCUT2D eigenvalue weighted by Crippen LogP contribution is -2.23. The van der Waals surface area contributed by atoms with Gasteiger partial charge in [-0.25, -0.2) is 13.1 Å². The first-order chi connectivity index (χ1) is 13.0. The van der Waals surface area contributed by atoms with Crippen LogP contribution in [0.5, 0.6) is 0 Å². The Hall–Kier alpha value is -2.42. The van der Waals surface area contributed by atoms with Crippen LogP contribution in [0, 0.1) is 0 Å². The largest absolute Gasteiger partial charge is 0.468 e. The predicted molar refractivity (Wildman–Crippen MR) is 105 cm³/mol. The molecule has 0 fully saturated rings. The Morgan fingerprint density at radius 2 is 2.00 bits per heavy atom. The Morgan fingerprint density at radius 1 is 1.11 bits per heavy atom. The van der Waals surface area contributed by atoms with Gasteiger partial charge in [0.1, 0.15) is 5.76 Å². The van der Waals surface area contributed by atoms with E-state index in [-0.39, 0.29) is 17.3 Å². The molecule has 142 valence electrons. The second-order valence-electron chi connectivity index (χ2n) is 5.91. The van der Waals surface area contributed by atoms with E-state index in [1.807, 2.05) is 17.5 Å². The third-order valence-corrected chi connectivity index (χ3v) is 6.19. The predicted octanol–water partition coefficient (Wildman–Crippen LogP) is 3.78. The normalized spacial score (nSPS) is 11.4. The summed E-state index contributed by atoms with van der Waals surface area (Å²) < 4.78 is 32.4. The van der Waals surface area contributed by atoms with Gasteiger partial charge in [-0.05, 0) is 54.6 Å². The molecule has 27 heavy (non-hydrogen) atoms. The van der Waals surface area contributed by atoms with E-state index in [0.717, 1.165) is 12.8 Å². The third kappa shape index (κ3) is 5.78. The Kier molecular flexibility index (Phi) is 6.44. The molecule has 1 amide bonds. The van der Waals surface area contributed by atoms with Crippen molar-refractivity contribution in [1.82, 2.24) is 4.72 Å². The zero-order valence-corrected chi connectivity index (χ0v) is 16.2. The molecule has 0 aliphatic carbocycles. The lowest BCUT2D eigenvalue weighted by Gasteiger charge is -2.09. The molecule has 6 nitrogen and oxygen atoms in total. The van der Waals surface area contributed by atoms with Crippen molar-refractivity contribution in [3.8, 4) is 0 Å². The van der Waals surface area contributed by atoms with Crippen molar-refractivity contribution in [3.63, 3.8) is 0 Å². The molecule has 3 rings (SSSR count). The molecular formula is C19H20N2O4S2. The minimum absolute atomic E-state index is 0.0641. The van der Waals surface area contributed by atoms with Crippen LogP contribution in [-0.4, -0.2) is 14.3 Å². The second kappa shape index (κ2) is 8.98. The van der Waals surface area contributed by atoms with Gasteiger partial charge in [-0.1, -0.05) is 12.1 Å². The summed E-state index contributed by atoms with van der Waals surface area (Å²) in [6.07, 6.45) is 3.47. The number of carbonyl (C=O) groups excluding carboxylic acids is 1. The highest BCUT2D eigenvalue weighted by atomic mass is 32.2. The fourth-order valence-electron chi connectivity index (χ4n) is 2.51. The Bertz CT molecular complexity index is 965. The number of nitrogens with one attached hydrogen (secondary N) is 2. The molecule has 0 bridgehead atoms. The van der Waals surface area contributed by atoms with Gasteiger partial charge >= 0.3 is 0 Å². The van der Waals surface area contributed by atoms with Gasteiger partial charge in [0.05, 0.1) is 17.7 Å². The van der Waals surface area contributed by atoms with E-state index in [2.05, 4.69) is 10.0 Å². The van der Waals surface area contributed by atoms with E-state index < -0.39 is 10.0 Å². The van der Waals surface area contributed by atoms with Gasteiger partial charge in [-0.15, -0.1) is 11.3 Å². The Morgan fingerprint density at radius 3 is 2.74 bits per heavy atom. The Balaban J connectivity index is 1.55. The maximum absolute atomic E-state index is 12.4. The van der Waals surface area contributed by atoms with Crippen LogP contribution in [0.1, 0.15) is 23.5 Å². The molecule has 0 radical (unpaired) electrons. The number of thiophene rings is 1. The highest BCUT2D eigenvalue weighted by molar-refractivity contribution is 7.89. The number of rotatable bonds is 9. The van der Waals surface area contributed by atoms with Crippen molar-refractivity contribution in [1.29, 1.82) is 0 Å². The molecule has 8 heteroatoms. The molecule has 0 saturated heterocycles. The zero-order chi connectivity index (χ0) is 19.1. The molecule has 0 atom stereocenters. The van der Waals surface area contributed by atoms with Gasteiger partial charge in [0, 0.05) is 17.0 Å². The first kappa shape index (κ1) is 19.3. The smallest absolute Gasteiger partial charge is 0.241 e. The van der Waals surface area contributed by atoms with Crippen molar-refractivity contribution in [3.05, 3.63) is 70.8 Å². The fourth-order valence-corrected chi connectivity index (χ4v) is 4.30. The molecule has 0 spiro atoms. The van der Waals surface area contributed by atoms with Crippen LogP contribution in [-0.2, 0) is 27.8 Å². The molecule has 1 aromatic carbocycles. The molecule has 0 aliphatic heterocycles. The number of carbonyl (C=O) groups is 1. The molecule has 0 unspecified atom stereocenters. The topological polar surface area (TPSA) is 88.4 Å². The lowest BCUT2D eigenvalue weighted by molar-refractivity contribution is -0.116. The number of furan rings is 1. The highest BCUT2D eigenvalue weighted by Crippen LogP contribution is 2.17. The van der Waals surface area contributed by atoms with Gasteiger partial charge in [0.25, 0.3) is 0 Å². The summed E-state index contributed by atoms with van der Waals surface area (Å²) in [4.78, 5) is 13.4. The van der Waals surface area contributed by atoms with Crippen molar-refractivity contribution in [2.24, 2.45) is 0 Å². The van der Waals surface area contributed by atoms with Crippen LogP contribution in [0.2, 0.25) is 0 Å². The zero-order valence-electron chi connectivity index (χ0n) is 14.6. The van der Waals surface area contributed by atoms with Crippen LogP contribution >= 0.6 is 11.3 Å². The van der Waals surface area contributed by atoms with Crippen LogP contribution in [0.4, 0.5) is 5.69 Å². The number of aryl methyl sites for hydroxylation is 1. The lowest BCUT2D eigenvalue weighted by atomic mass is 10.2. The number of anilines is 1. The fraction of sp³-hybridized carbons (Fsp3) is 0.211. The van der Waals surface area contributed by atoms with Crippen molar-refractivity contribution >= 4 is 33.0 Å². The minimum Gasteiger partial charge on any atom is -0.468 e. The van der Waals surface area contributed by atoms with E-state index in [0.29, 0.717) is 17.9 Å². The van der Waals surface area contributed by atoms with E-state index >= 15 is 0 Å². The summed E-state index contributed by atoms with van der Waals surface area (Å²) in [6.45, 7) is 0.0641. The summed E-state index contributed by atoms with van der Waals surface area (Å²) in [5.41, 5.74) is 0.456. The molecule has 0 aliphatic rings. The number of amides is 1. The van der Waals surface area contributed by atoms with Crippen molar-refractivity contribution < 1.29 is 17.6 Å². The van der Waals surface area contributed by atoms with E-state index in [9.17, 15) is 13.2 Å². The standard InChI is InChI=1S/C19H20N2O4S2/c22-19(10-2-7-17-8-4-12-26-17)21-15-5-1-9-18(13-15)27(23,24)20-14-16-6-3-11-25-16/h1,3-6,8-9,11-13,20H,2,7,10,14H2,(H,21,22). The molecule has 3 aromatic rings. The molecular weight excluding hydrogens is 384 g/mol. The quantitative estimate of drug-likeness (QED) is 0.568. The van der Waals surface area contributed by atoms with Gasteiger partial charge < -0.3 is 9.73 Å². The highest BCUT2D eigenvalue weighted by Gasteiger charge is 2.15. The maximum atomic E-state index is 12.4. The SMILES string of the molecule is O=C(CCCc1cccs1)Nc1cccc(S(=O)(=O)NCc2ccco2)c1. The molecule has 0 saturated carbocycles. The first-order valence-electron chi connectivity index (χ1n) is 8.47. The maximum Gasteiger partial charge on any atom is 0.241 e. The van der Waals surface area contributed by atoms with Crippen molar-refractivity contribution in [2.45, 2.75) is 30.7 Å². The summed E-state index contributed by atoms with van der Waals surface area (Å²) in [5.74, 6) is 0.387. The number of hydrogen-bond acceptors (Lipinski definition) is 5. The minimum atomic E-state index is -3.70. The summed E-state index contributed by atoms with van der Waals surface area (Å²) >= 11 is 1.67.